The van der Waals surface area contributed by atoms with Crippen LogP contribution in [0.3, 0.4) is 0 Å². The smallest absolute Gasteiger partial charge is 0.228 e. The lowest BCUT2D eigenvalue weighted by Gasteiger charge is -2.16. The molecular weight excluding hydrogens is 439 g/mol. The van der Waals surface area contributed by atoms with Gasteiger partial charge in [0, 0.05) is 5.56 Å². The van der Waals surface area contributed by atoms with Gasteiger partial charge >= 0.3 is 0 Å². The van der Waals surface area contributed by atoms with Crippen molar-refractivity contribution in [1.82, 2.24) is 0 Å². The van der Waals surface area contributed by atoms with Gasteiger partial charge in [0.2, 0.25) is 11.3 Å². The van der Waals surface area contributed by atoms with Crippen LogP contribution in [0.4, 0.5) is 0 Å². The summed E-state index contributed by atoms with van der Waals surface area (Å²) in [5.74, 6) is 0.0983. The third-order valence-corrected chi connectivity index (χ3v) is 6.54. The van der Waals surface area contributed by atoms with E-state index >= 15 is 0 Å². The molecule has 0 radical (unpaired) electrons. The Hall–Kier alpha value is -3.08. The average molecular weight is 459 g/mol. The fourth-order valence-electron chi connectivity index (χ4n) is 3.21. The van der Waals surface area contributed by atoms with Gasteiger partial charge in [0.25, 0.3) is 0 Å². The maximum Gasteiger partial charge on any atom is 0.228 e. The molecule has 0 spiro atoms. The van der Waals surface area contributed by atoms with E-state index in [2.05, 4.69) is 0 Å². The summed E-state index contributed by atoms with van der Waals surface area (Å²) < 4.78 is 29.4. The fourth-order valence-corrected chi connectivity index (χ4v) is 4.93. The molecule has 3 aromatic carbocycles. The Balaban J connectivity index is 2.16. The number of ether oxygens (including phenoxy) is 3. The topological polar surface area (TPSA) is 78.9 Å². The summed E-state index contributed by atoms with van der Waals surface area (Å²) in [4.78, 5) is 26.3. The molecule has 0 N–H and O–H groups in total. The standard InChI is InChI=1S/C23H20ClO6P/c1-28-16-11-7-10-15(24)19(16)23(26)31(27)18-13-12-17(29-2)20(22(18)30-3)21(25)14-8-5-4-6-9-14/h4-13,31H,1-3H3. The van der Waals surface area contributed by atoms with Crippen molar-refractivity contribution in [3.05, 3.63) is 82.4 Å². The summed E-state index contributed by atoms with van der Waals surface area (Å²) in [5, 5.41) is 0.218. The molecule has 0 aliphatic rings. The van der Waals surface area contributed by atoms with E-state index in [1.54, 1.807) is 42.5 Å². The van der Waals surface area contributed by atoms with Gasteiger partial charge in [0.05, 0.1) is 37.2 Å². The fraction of sp³-hybridized carbons (Fsp3) is 0.130. The highest BCUT2D eigenvalue weighted by Gasteiger charge is 2.29. The summed E-state index contributed by atoms with van der Waals surface area (Å²) in [6, 6.07) is 16.2. The molecule has 0 amide bonds. The molecule has 0 aromatic heterocycles. The van der Waals surface area contributed by atoms with Crippen molar-refractivity contribution in [3.63, 3.8) is 0 Å². The number of hydrogen-bond donors (Lipinski definition) is 0. The Morgan fingerprint density at radius 2 is 1.42 bits per heavy atom. The van der Waals surface area contributed by atoms with Crippen LogP contribution in [-0.4, -0.2) is 32.6 Å². The Morgan fingerprint density at radius 3 is 2.03 bits per heavy atom. The van der Waals surface area contributed by atoms with Gasteiger partial charge in [-0.05, 0) is 24.3 Å². The first kappa shape index (κ1) is 22.6. The largest absolute Gasteiger partial charge is 0.496 e. The minimum atomic E-state index is -3.14. The number of methoxy groups -OCH3 is 3. The molecule has 0 aliphatic heterocycles. The molecule has 1 unspecified atom stereocenters. The molecule has 0 heterocycles. The van der Waals surface area contributed by atoms with E-state index in [-0.39, 0.29) is 44.5 Å². The van der Waals surface area contributed by atoms with Crippen LogP contribution in [0, 0.1) is 0 Å². The zero-order valence-corrected chi connectivity index (χ0v) is 18.9. The van der Waals surface area contributed by atoms with Crippen molar-refractivity contribution < 1.29 is 28.4 Å². The summed E-state index contributed by atoms with van der Waals surface area (Å²) in [5.41, 5.74) is -0.195. The summed E-state index contributed by atoms with van der Waals surface area (Å²) >= 11 is 6.19. The van der Waals surface area contributed by atoms with Gasteiger partial charge in [-0.15, -0.1) is 0 Å². The predicted octanol–water partition coefficient (Wildman–Crippen LogP) is 4.62. The molecule has 160 valence electrons. The van der Waals surface area contributed by atoms with Crippen LogP contribution in [-0.2, 0) is 4.57 Å². The zero-order valence-electron chi connectivity index (χ0n) is 17.1. The Labute approximate surface area is 185 Å². The van der Waals surface area contributed by atoms with Crippen LogP contribution in [0.2, 0.25) is 5.02 Å². The molecule has 0 saturated heterocycles. The first-order valence-corrected chi connectivity index (χ1v) is 11.0. The molecule has 3 aromatic rings. The van der Waals surface area contributed by atoms with Crippen molar-refractivity contribution >= 4 is 36.0 Å². The molecule has 8 heteroatoms. The van der Waals surface area contributed by atoms with Gasteiger partial charge in [-0.1, -0.05) is 48.0 Å². The Bertz CT molecular complexity index is 1160. The molecular formula is C23H20ClO6P. The quantitative estimate of drug-likeness (QED) is 0.362. The second-order valence-electron chi connectivity index (χ2n) is 6.39. The highest BCUT2D eigenvalue weighted by molar-refractivity contribution is 7.71. The van der Waals surface area contributed by atoms with Crippen molar-refractivity contribution in [2.24, 2.45) is 0 Å². The van der Waals surface area contributed by atoms with Crippen LogP contribution in [0.15, 0.2) is 60.7 Å². The van der Waals surface area contributed by atoms with Gasteiger partial charge in [0.15, 0.2) is 7.80 Å². The Kier molecular flexibility index (Phi) is 7.16. The second-order valence-corrected chi connectivity index (χ2v) is 8.45. The van der Waals surface area contributed by atoms with Gasteiger partial charge in [-0.25, -0.2) is 0 Å². The van der Waals surface area contributed by atoms with Crippen LogP contribution in [0.5, 0.6) is 17.2 Å². The molecule has 31 heavy (non-hydrogen) atoms. The van der Waals surface area contributed by atoms with E-state index in [4.69, 9.17) is 25.8 Å². The van der Waals surface area contributed by atoms with Gasteiger partial charge in [-0.2, -0.15) is 0 Å². The van der Waals surface area contributed by atoms with E-state index in [1.165, 1.54) is 39.5 Å². The van der Waals surface area contributed by atoms with Crippen LogP contribution >= 0.6 is 19.4 Å². The number of halogens is 1. The average Bonchev–Trinajstić information content (AvgIpc) is 2.81. The van der Waals surface area contributed by atoms with E-state index < -0.39 is 13.3 Å². The van der Waals surface area contributed by atoms with E-state index in [9.17, 15) is 14.2 Å². The van der Waals surface area contributed by atoms with E-state index in [0.717, 1.165) is 0 Å². The molecule has 0 aliphatic carbocycles. The third kappa shape index (κ3) is 4.36. The highest BCUT2D eigenvalue weighted by Crippen LogP contribution is 2.40. The molecule has 6 nitrogen and oxygen atoms in total. The maximum atomic E-state index is 13.3. The minimum absolute atomic E-state index is 0.0179. The SMILES string of the molecule is COc1cccc(Cl)c1C(=O)[PH](=O)c1ccc(OC)c(C(=O)c2ccccc2)c1OC. The maximum absolute atomic E-state index is 13.3. The summed E-state index contributed by atoms with van der Waals surface area (Å²) in [7, 11) is 1.01. The molecule has 3 rings (SSSR count). The number of hydrogen-bond acceptors (Lipinski definition) is 6. The monoisotopic (exact) mass is 458 g/mol. The minimum Gasteiger partial charge on any atom is -0.496 e. The number of ketones is 1. The lowest BCUT2D eigenvalue weighted by atomic mass is 10.0. The Morgan fingerprint density at radius 1 is 0.774 bits per heavy atom. The number of carbonyl (C=O) groups excluding carboxylic acids is 2. The second kappa shape index (κ2) is 9.82. The third-order valence-electron chi connectivity index (χ3n) is 4.68. The normalized spacial score (nSPS) is 11.5. The zero-order chi connectivity index (χ0) is 22.5. The first-order chi connectivity index (χ1) is 14.9. The first-order valence-electron chi connectivity index (χ1n) is 9.20. The molecule has 0 fully saturated rings. The van der Waals surface area contributed by atoms with Gasteiger partial charge in [0.1, 0.15) is 22.8 Å². The number of benzene rings is 3. The van der Waals surface area contributed by atoms with Crippen molar-refractivity contribution in [2.45, 2.75) is 0 Å². The van der Waals surface area contributed by atoms with Crippen LogP contribution in [0.1, 0.15) is 26.3 Å². The molecule has 1 atom stereocenters. The summed E-state index contributed by atoms with van der Waals surface area (Å²) in [6.07, 6.45) is 0. The molecule has 0 saturated carbocycles. The summed E-state index contributed by atoms with van der Waals surface area (Å²) in [6.45, 7) is 0. The number of carbonyl (C=O) groups is 2. The van der Waals surface area contributed by atoms with Crippen molar-refractivity contribution in [2.75, 3.05) is 21.3 Å². The number of rotatable bonds is 8. The lowest BCUT2D eigenvalue weighted by molar-refractivity contribution is 0.103. The van der Waals surface area contributed by atoms with Crippen LogP contribution in [0.25, 0.3) is 0 Å². The van der Waals surface area contributed by atoms with Gasteiger partial charge in [-0.3, -0.25) is 9.59 Å². The molecule has 0 bridgehead atoms. The van der Waals surface area contributed by atoms with Crippen molar-refractivity contribution in [1.29, 1.82) is 0 Å². The van der Waals surface area contributed by atoms with Crippen molar-refractivity contribution in [3.8, 4) is 17.2 Å². The van der Waals surface area contributed by atoms with E-state index in [1.807, 2.05) is 0 Å². The predicted molar refractivity (Wildman–Crippen MR) is 120 cm³/mol. The van der Waals surface area contributed by atoms with Gasteiger partial charge < -0.3 is 18.8 Å². The van der Waals surface area contributed by atoms with Crippen LogP contribution < -0.4 is 19.5 Å². The van der Waals surface area contributed by atoms with E-state index in [0.29, 0.717) is 5.56 Å². The highest BCUT2D eigenvalue weighted by atomic mass is 35.5. The lowest BCUT2D eigenvalue weighted by Crippen LogP contribution is -2.15.